The molecule has 1 aromatic carbocycles. The van der Waals surface area contributed by atoms with Gasteiger partial charge in [0.15, 0.2) is 6.04 Å². The molecule has 2 saturated heterocycles. The summed E-state index contributed by atoms with van der Waals surface area (Å²) in [4.78, 5) is 64.7. The normalized spacial score (nSPS) is 24.8. The number of benzene rings is 1. The molecule has 0 aromatic heterocycles. The monoisotopic (exact) mass is 385 g/mol. The zero-order valence-electron chi connectivity index (χ0n) is 15.3. The van der Waals surface area contributed by atoms with E-state index in [1.807, 2.05) is 0 Å². The maximum Gasteiger partial charge on any atom is 0.330 e. The van der Waals surface area contributed by atoms with Crippen LogP contribution in [0.5, 0.6) is 0 Å². The summed E-state index contributed by atoms with van der Waals surface area (Å²) in [6.45, 7) is 0.299. The van der Waals surface area contributed by atoms with E-state index in [2.05, 4.69) is 0 Å². The van der Waals surface area contributed by atoms with Crippen molar-refractivity contribution in [2.75, 3.05) is 13.7 Å². The topological polar surface area (TPSA) is 104 Å². The number of esters is 1. The second kappa shape index (κ2) is 6.74. The van der Waals surface area contributed by atoms with Crippen LogP contribution >= 0.6 is 0 Å². The molecule has 28 heavy (non-hydrogen) atoms. The van der Waals surface area contributed by atoms with E-state index in [1.165, 1.54) is 24.3 Å². The Bertz CT molecular complexity index is 862. The molecule has 0 spiro atoms. The van der Waals surface area contributed by atoms with Crippen molar-refractivity contribution in [3.8, 4) is 0 Å². The van der Waals surface area contributed by atoms with Crippen molar-refractivity contribution in [2.45, 2.75) is 37.8 Å². The molecule has 0 unspecified atom stereocenters. The fourth-order valence-electron chi connectivity index (χ4n) is 4.10. The minimum absolute atomic E-state index is 0.00575. The Hall–Kier alpha value is -3.23. The zero-order valence-corrected chi connectivity index (χ0v) is 15.3. The van der Waals surface area contributed by atoms with Crippen LogP contribution in [0.1, 0.15) is 46.4 Å². The largest absolute Gasteiger partial charge is 0.467 e. The number of imide groups is 1. The highest BCUT2D eigenvalue weighted by Crippen LogP contribution is 2.31. The Morgan fingerprint density at radius 1 is 1.04 bits per heavy atom. The van der Waals surface area contributed by atoms with Crippen molar-refractivity contribution < 1.29 is 28.7 Å². The van der Waals surface area contributed by atoms with Gasteiger partial charge in [0.1, 0.15) is 6.04 Å². The van der Waals surface area contributed by atoms with Gasteiger partial charge in [0.25, 0.3) is 17.7 Å². The Balaban J connectivity index is 1.72. The van der Waals surface area contributed by atoms with E-state index in [1.54, 1.807) is 12.1 Å². The zero-order chi connectivity index (χ0) is 20.0. The molecule has 0 N–H and O–H groups in total. The number of fused-ring (bicyclic) bond motifs is 2. The van der Waals surface area contributed by atoms with Gasteiger partial charge in [0, 0.05) is 13.0 Å². The average Bonchev–Trinajstić information content (AvgIpc) is 2.89. The third-order valence-corrected chi connectivity index (χ3v) is 5.44. The van der Waals surface area contributed by atoms with Crippen LogP contribution in [-0.4, -0.2) is 70.3 Å². The van der Waals surface area contributed by atoms with Crippen molar-refractivity contribution >= 4 is 29.6 Å². The van der Waals surface area contributed by atoms with Gasteiger partial charge >= 0.3 is 5.97 Å². The molecule has 1 aromatic rings. The van der Waals surface area contributed by atoms with Gasteiger partial charge in [-0.3, -0.25) is 29.1 Å². The standard InChI is InChI=1S/C19H19N3O6/c1-28-19(27)14-7-4-10-20-15(23)9-8-13(18(26)22(14)20)21-16(24)11-5-2-3-6-12(11)17(21)25/h2-3,5-6,13-14H,4,7-10H2,1H3/t13-,14+/m0/s1. The van der Waals surface area contributed by atoms with Crippen LogP contribution in [0.3, 0.4) is 0 Å². The molecule has 2 fully saturated rings. The van der Waals surface area contributed by atoms with Gasteiger partial charge in [-0.25, -0.2) is 9.80 Å². The predicted molar refractivity (Wildman–Crippen MR) is 93.6 cm³/mol. The Morgan fingerprint density at radius 3 is 2.29 bits per heavy atom. The van der Waals surface area contributed by atoms with E-state index in [0.717, 1.165) is 9.91 Å². The van der Waals surface area contributed by atoms with Gasteiger partial charge < -0.3 is 4.74 Å². The molecule has 3 aliphatic rings. The molecule has 3 aliphatic heterocycles. The summed E-state index contributed by atoms with van der Waals surface area (Å²) in [6, 6.07) is 4.26. The lowest BCUT2D eigenvalue weighted by Gasteiger charge is -2.42. The van der Waals surface area contributed by atoms with Crippen molar-refractivity contribution in [1.82, 2.24) is 14.9 Å². The van der Waals surface area contributed by atoms with E-state index in [-0.39, 0.29) is 29.9 Å². The second-order valence-corrected chi connectivity index (χ2v) is 6.96. The number of methoxy groups -OCH3 is 1. The van der Waals surface area contributed by atoms with Gasteiger partial charge in [0.2, 0.25) is 5.91 Å². The number of rotatable bonds is 2. The van der Waals surface area contributed by atoms with E-state index in [9.17, 15) is 24.0 Å². The van der Waals surface area contributed by atoms with E-state index in [0.29, 0.717) is 19.4 Å². The van der Waals surface area contributed by atoms with E-state index < -0.39 is 35.8 Å². The minimum atomic E-state index is -1.15. The summed E-state index contributed by atoms with van der Waals surface area (Å²) >= 11 is 0. The summed E-state index contributed by atoms with van der Waals surface area (Å²) in [5.74, 6) is -2.69. The Kier molecular flexibility index (Phi) is 4.37. The molecule has 9 heteroatoms. The van der Waals surface area contributed by atoms with E-state index >= 15 is 0 Å². The number of hydrogen-bond acceptors (Lipinski definition) is 6. The summed E-state index contributed by atoms with van der Waals surface area (Å²) < 4.78 is 4.80. The lowest BCUT2D eigenvalue weighted by molar-refractivity contribution is -0.182. The lowest BCUT2D eigenvalue weighted by Crippen LogP contribution is -2.62. The maximum atomic E-state index is 13.4. The lowest BCUT2D eigenvalue weighted by atomic mass is 10.1. The molecular weight excluding hydrogens is 366 g/mol. The van der Waals surface area contributed by atoms with Gasteiger partial charge in [-0.15, -0.1) is 0 Å². The number of carbonyl (C=O) groups is 5. The summed E-state index contributed by atoms with van der Waals surface area (Å²) in [5.41, 5.74) is 0.465. The fraction of sp³-hybridized carbons (Fsp3) is 0.421. The van der Waals surface area contributed by atoms with Crippen molar-refractivity contribution in [3.63, 3.8) is 0 Å². The first kappa shape index (κ1) is 18.1. The van der Waals surface area contributed by atoms with Crippen LogP contribution in [0.15, 0.2) is 24.3 Å². The van der Waals surface area contributed by atoms with Gasteiger partial charge in [-0.2, -0.15) is 0 Å². The van der Waals surface area contributed by atoms with E-state index in [4.69, 9.17) is 4.74 Å². The number of hydrogen-bond donors (Lipinski definition) is 0. The van der Waals surface area contributed by atoms with Crippen LogP contribution in [0.25, 0.3) is 0 Å². The molecule has 0 radical (unpaired) electrons. The summed E-state index contributed by atoms with van der Waals surface area (Å²) in [7, 11) is 1.22. The molecule has 0 saturated carbocycles. The van der Waals surface area contributed by atoms with Gasteiger partial charge in [-0.1, -0.05) is 12.1 Å². The fourth-order valence-corrected chi connectivity index (χ4v) is 4.10. The highest BCUT2D eigenvalue weighted by Gasteiger charge is 2.50. The van der Waals surface area contributed by atoms with Crippen LogP contribution < -0.4 is 0 Å². The quantitative estimate of drug-likeness (QED) is 0.538. The SMILES string of the molecule is COC(=O)[C@H]1CCCN2C(=O)CC[C@H](N3C(=O)c4ccccc4C3=O)C(=O)N12. The number of ether oxygens (including phenoxy) is 1. The molecular formula is C19H19N3O6. The molecule has 0 bridgehead atoms. The molecule has 4 amide bonds. The van der Waals surface area contributed by atoms with Crippen molar-refractivity contribution in [2.24, 2.45) is 0 Å². The highest BCUT2D eigenvalue weighted by atomic mass is 16.5. The van der Waals surface area contributed by atoms with Gasteiger partial charge in [0.05, 0.1) is 18.2 Å². The predicted octanol–water partition coefficient (Wildman–Crippen LogP) is 0.353. The maximum absolute atomic E-state index is 13.4. The number of hydrazine groups is 1. The number of carbonyl (C=O) groups excluding carboxylic acids is 5. The molecule has 146 valence electrons. The molecule has 3 heterocycles. The Morgan fingerprint density at radius 2 is 1.68 bits per heavy atom. The molecule has 2 atom stereocenters. The number of amides is 4. The minimum Gasteiger partial charge on any atom is -0.467 e. The third-order valence-electron chi connectivity index (χ3n) is 5.44. The second-order valence-electron chi connectivity index (χ2n) is 6.96. The van der Waals surface area contributed by atoms with Crippen molar-refractivity contribution in [1.29, 1.82) is 0 Å². The van der Waals surface area contributed by atoms with Crippen LogP contribution in [-0.2, 0) is 19.1 Å². The first-order valence-electron chi connectivity index (χ1n) is 9.13. The van der Waals surface area contributed by atoms with Crippen LogP contribution in [0.4, 0.5) is 0 Å². The van der Waals surface area contributed by atoms with Crippen LogP contribution in [0, 0.1) is 0 Å². The van der Waals surface area contributed by atoms with Crippen molar-refractivity contribution in [3.05, 3.63) is 35.4 Å². The Labute approximate surface area is 160 Å². The average molecular weight is 385 g/mol. The van der Waals surface area contributed by atoms with Crippen LogP contribution in [0.2, 0.25) is 0 Å². The summed E-state index contributed by atoms with van der Waals surface area (Å²) in [5, 5.41) is 2.35. The first-order chi connectivity index (χ1) is 13.5. The highest BCUT2D eigenvalue weighted by molar-refractivity contribution is 6.23. The van der Waals surface area contributed by atoms with Gasteiger partial charge in [-0.05, 0) is 31.4 Å². The molecule has 0 aliphatic carbocycles. The summed E-state index contributed by atoms with van der Waals surface area (Å²) in [6.07, 6.45) is 0.905. The third kappa shape index (κ3) is 2.57. The molecule has 9 nitrogen and oxygen atoms in total. The number of nitrogens with zero attached hydrogens (tertiary/aromatic N) is 3. The molecule has 4 rings (SSSR count). The first-order valence-corrected chi connectivity index (χ1v) is 9.13. The smallest absolute Gasteiger partial charge is 0.330 e.